The maximum atomic E-state index is 12.5. The first kappa shape index (κ1) is 20.7. The Morgan fingerprint density at radius 3 is 2.17 bits per heavy atom. The highest BCUT2D eigenvalue weighted by Gasteiger charge is 2.21. The second-order valence-electron chi connectivity index (χ2n) is 5.70. The number of nitrogens with zero attached hydrogens (tertiary/aromatic N) is 2. The van der Waals surface area contributed by atoms with E-state index in [1.807, 2.05) is 0 Å². The highest BCUT2D eigenvalue weighted by Crippen LogP contribution is 2.24. The lowest BCUT2D eigenvalue weighted by molar-refractivity contribution is -0.114. The number of rotatable bonds is 6. The first-order valence-electron chi connectivity index (χ1n) is 8.04. The van der Waals surface area contributed by atoms with Gasteiger partial charge in [0, 0.05) is 28.9 Å². The van der Waals surface area contributed by atoms with Crippen LogP contribution in [0.25, 0.3) is 0 Å². The molecule has 2 amide bonds. The van der Waals surface area contributed by atoms with E-state index >= 15 is 0 Å². The molecule has 0 saturated heterocycles. The van der Waals surface area contributed by atoms with Crippen molar-refractivity contribution in [3.05, 3.63) is 59.1 Å². The monoisotopic (exact) mass is 451 g/mol. The van der Waals surface area contributed by atoms with Crippen LogP contribution in [0.15, 0.2) is 52.9 Å². The Kier molecular flexibility index (Phi) is 6.11. The molecule has 0 atom stereocenters. The number of amides is 2. The Bertz CT molecular complexity index is 1150. The van der Waals surface area contributed by atoms with Crippen LogP contribution in [0.4, 0.5) is 16.5 Å². The van der Waals surface area contributed by atoms with Gasteiger partial charge in [-0.3, -0.25) is 19.6 Å². The highest BCUT2D eigenvalue weighted by molar-refractivity contribution is 7.94. The largest absolute Gasteiger partial charge is 0.326 e. The zero-order chi connectivity index (χ0) is 21.0. The summed E-state index contributed by atoms with van der Waals surface area (Å²) in [5.74, 6) is -0.705. The lowest BCUT2D eigenvalue weighted by atomic mass is 10.2. The van der Waals surface area contributed by atoms with E-state index in [1.54, 1.807) is 24.3 Å². The molecule has 0 spiro atoms. The minimum absolute atomic E-state index is 0.0336. The zero-order valence-corrected chi connectivity index (χ0v) is 17.2. The van der Waals surface area contributed by atoms with Crippen LogP contribution in [0.2, 0.25) is 5.02 Å². The average Bonchev–Trinajstić information content (AvgIpc) is 3.13. The maximum Gasteiger partial charge on any atom is 0.291 e. The molecule has 9 nitrogen and oxygen atoms in total. The number of aromatic nitrogens is 2. The van der Waals surface area contributed by atoms with Crippen molar-refractivity contribution in [3.8, 4) is 0 Å². The van der Waals surface area contributed by atoms with Crippen molar-refractivity contribution in [2.45, 2.75) is 11.3 Å². The third-order valence-corrected chi connectivity index (χ3v) is 6.26. The Morgan fingerprint density at radius 1 is 0.931 bits per heavy atom. The molecule has 1 aromatic heterocycles. The Morgan fingerprint density at radius 2 is 1.55 bits per heavy atom. The molecule has 29 heavy (non-hydrogen) atoms. The smallest absolute Gasteiger partial charge is 0.291 e. The number of carbonyl (C=O) groups is 2. The highest BCUT2D eigenvalue weighted by atomic mass is 35.5. The third-order valence-electron chi connectivity index (χ3n) is 3.42. The zero-order valence-electron chi connectivity index (χ0n) is 14.8. The molecule has 3 rings (SSSR count). The van der Waals surface area contributed by atoms with Gasteiger partial charge in [0.25, 0.3) is 20.3 Å². The predicted octanol–water partition coefficient (Wildman–Crippen LogP) is 3.20. The molecule has 1 heterocycles. The molecule has 0 fully saturated rings. The average molecular weight is 452 g/mol. The second kappa shape index (κ2) is 8.55. The molecule has 0 radical (unpaired) electrons. The molecule has 0 bridgehead atoms. The topological polar surface area (TPSA) is 130 Å². The minimum Gasteiger partial charge on any atom is -0.326 e. The third kappa shape index (κ3) is 5.50. The normalized spacial score (nSPS) is 11.0. The molecule has 0 saturated carbocycles. The van der Waals surface area contributed by atoms with Crippen molar-refractivity contribution < 1.29 is 18.0 Å². The fourth-order valence-electron chi connectivity index (χ4n) is 2.16. The molecule has 3 aromatic rings. The fourth-order valence-corrected chi connectivity index (χ4v) is 4.24. The molecular weight excluding hydrogens is 438 g/mol. The molecule has 2 aromatic carbocycles. The van der Waals surface area contributed by atoms with Gasteiger partial charge in [-0.2, -0.15) is 8.42 Å². The molecule has 0 aliphatic heterocycles. The number of hydrogen-bond donors (Lipinski definition) is 3. The van der Waals surface area contributed by atoms with Gasteiger partial charge in [0.15, 0.2) is 0 Å². The molecule has 12 heteroatoms. The number of anilines is 3. The first-order valence-corrected chi connectivity index (χ1v) is 10.7. The van der Waals surface area contributed by atoms with E-state index in [-0.39, 0.29) is 21.1 Å². The fraction of sp³-hybridized carbons (Fsp3) is 0.0588. The van der Waals surface area contributed by atoms with Gasteiger partial charge in [-0.05, 0) is 48.5 Å². The summed E-state index contributed by atoms with van der Waals surface area (Å²) < 4.78 is 27.0. The van der Waals surface area contributed by atoms with Crippen molar-refractivity contribution in [2.75, 3.05) is 15.4 Å². The van der Waals surface area contributed by atoms with Crippen molar-refractivity contribution in [1.82, 2.24) is 10.2 Å². The van der Waals surface area contributed by atoms with Gasteiger partial charge in [-0.25, -0.2) is 0 Å². The summed E-state index contributed by atoms with van der Waals surface area (Å²) in [6, 6.07) is 12.3. The van der Waals surface area contributed by atoms with Crippen LogP contribution >= 0.6 is 22.9 Å². The van der Waals surface area contributed by atoms with Crippen molar-refractivity contribution >= 4 is 61.3 Å². The van der Waals surface area contributed by atoms with Crippen molar-refractivity contribution in [3.63, 3.8) is 0 Å². The van der Waals surface area contributed by atoms with Gasteiger partial charge < -0.3 is 5.32 Å². The quantitative estimate of drug-likeness (QED) is 0.493. The number of halogens is 1. The van der Waals surface area contributed by atoms with Gasteiger partial charge in [0.1, 0.15) is 0 Å². The summed E-state index contributed by atoms with van der Waals surface area (Å²) in [6.07, 6.45) is 0. The van der Waals surface area contributed by atoms with E-state index in [4.69, 9.17) is 11.6 Å². The first-order chi connectivity index (χ1) is 13.7. The van der Waals surface area contributed by atoms with Crippen LogP contribution < -0.4 is 15.4 Å². The Hall–Kier alpha value is -3.02. The number of benzene rings is 2. The summed E-state index contributed by atoms with van der Waals surface area (Å²) in [6.45, 7) is 1.37. The van der Waals surface area contributed by atoms with Gasteiger partial charge in [0.2, 0.25) is 11.0 Å². The molecule has 0 aliphatic rings. The van der Waals surface area contributed by atoms with E-state index in [9.17, 15) is 18.0 Å². The van der Waals surface area contributed by atoms with Crippen LogP contribution in [0.3, 0.4) is 0 Å². The summed E-state index contributed by atoms with van der Waals surface area (Å²) in [5, 5.41) is 12.9. The summed E-state index contributed by atoms with van der Waals surface area (Å²) in [5.41, 5.74) is 1.15. The molecular formula is C17H14ClN5O4S2. The van der Waals surface area contributed by atoms with Crippen LogP contribution in [0.1, 0.15) is 17.3 Å². The van der Waals surface area contributed by atoms with E-state index < -0.39 is 15.9 Å². The van der Waals surface area contributed by atoms with Gasteiger partial charge in [-0.1, -0.05) is 22.9 Å². The number of nitrogens with one attached hydrogen (secondary N) is 3. The summed E-state index contributed by atoms with van der Waals surface area (Å²) in [7, 11) is -4.00. The van der Waals surface area contributed by atoms with Gasteiger partial charge in [-0.15, -0.1) is 10.2 Å². The Labute approximate surface area is 175 Å². The van der Waals surface area contributed by atoms with E-state index in [2.05, 4.69) is 25.6 Å². The van der Waals surface area contributed by atoms with E-state index in [0.717, 1.165) is 0 Å². The standard InChI is InChI=1S/C17H14ClN5O4S2/c1-10(24)19-13-6-8-14(9-7-13)23-29(26,27)17-22-21-16(28-17)20-15(25)11-2-4-12(18)5-3-11/h2-9,23H,1H3,(H,19,24)(H,20,21,25). The molecule has 0 aliphatic carbocycles. The second-order valence-corrected chi connectivity index (χ2v) is 8.97. The van der Waals surface area contributed by atoms with Crippen LogP contribution in [-0.4, -0.2) is 30.4 Å². The van der Waals surface area contributed by atoms with Crippen molar-refractivity contribution in [1.29, 1.82) is 0 Å². The predicted molar refractivity (Wildman–Crippen MR) is 111 cm³/mol. The minimum atomic E-state index is -4.00. The SMILES string of the molecule is CC(=O)Nc1ccc(NS(=O)(=O)c2nnc(NC(=O)c3ccc(Cl)cc3)s2)cc1. The van der Waals surface area contributed by atoms with E-state index in [0.29, 0.717) is 27.6 Å². The van der Waals surface area contributed by atoms with Crippen LogP contribution in [0.5, 0.6) is 0 Å². The maximum absolute atomic E-state index is 12.5. The number of hydrogen-bond acceptors (Lipinski definition) is 7. The lowest BCUT2D eigenvalue weighted by Crippen LogP contribution is -2.13. The molecule has 3 N–H and O–H groups in total. The van der Waals surface area contributed by atoms with Crippen LogP contribution in [-0.2, 0) is 14.8 Å². The lowest BCUT2D eigenvalue weighted by Gasteiger charge is -2.06. The van der Waals surface area contributed by atoms with Gasteiger partial charge >= 0.3 is 0 Å². The molecule has 150 valence electrons. The number of carbonyl (C=O) groups excluding carboxylic acids is 2. The van der Waals surface area contributed by atoms with Crippen molar-refractivity contribution in [2.24, 2.45) is 0 Å². The summed E-state index contributed by atoms with van der Waals surface area (Å²) >= 11 is 6.49. The van der Waals surface area contributed by atoms with E-state index in [1.165, 1.54) is 31.2 Å². The molecule has 0 unspecified atom stereocenters. The Balaban J connectivity index is 1.68. The van der Waals surface area contributed by atoms with Crippen LogP contribution in [0, 0.1) is 0 Å². The summed E-state index contributed by atoms with van der Waals surface area (Å²) in [4.78, 5) is 23.2. The van der Waals surface area contributed by atoms with Gasteiger partial charge in [0.05, 0.1) is 0 Å². The number of sulfonamides is 1.